The molecule has 2 N–H and O–H groups in total. The highest BCUT2D eigenvalue weighted by Gasteiger charge is 2.26. The summed E-state index contributed by atoms with van der Waals surface area (Å²) in [5.74, 6) is 0.198. The molecule has 0 aliphatic carbocycles. The van der Waals surface area contributed by atoms with E-state index in [-0.39, 0.29) is 24.3 Å². The van der Waals surface area contributed by atoms with E-state index < -0.39 is 0 Å². The van der Waals surface area contributed by atoms with Crippen LogP contribution in [0.5, 0.6) is 0 Å². The minimum atomic E-state index is -0.256. The molecule has 0 saturated carbocycles. The molecule has 1 fully saturated rings. The van der Waals surface area contributed by atoms with E-state index in [2.05, 4.69) is 25.5 Å². The summed E-state index contributed by atoms with van der Waals surface area (Å²) in [5.41, 5.74) is 2.68. The van der Waals surface area contributed by atoms with Gasteiger partial charge in [0, 0.05) is 39.3 Å². The summed E-state index contributed by atoms with van der Waals surface area (Å²) in [7, 11) is 1.56. The van der Waals surface area contributed by atoms with Crippen molar-refractivity contribution in [2.24, 2.45) is 0 Å². The highest BCUT2D eigenvalue weighted by molar-refractivity contribution is 5.97. The van der Waals surface area contributed by atoms with Gasteiger partial charge in [-0.15, -0.1) is 0 Å². The van der Waals surface area contributed by atoms with Gasteiger partial charge in [0.05, 0.1) is 17.9 Å². The molecule has 2 aromatic rings. The zero-order valence-corrected chi connectivity index (χ0v) is 18.1. The van der Waals surface area contributed by atoms with Gasteiger partial charge in [0.1, 0.15) is 11.5 Å². The van der Waals surface area contributed by atoms with E-state index in [4.69, 9.17) is 0 Å². The largest absolute Gasteiger partial charge is 0.354 e. The summed E-state index contributed by atoms with van der Waals surface area (Å²) in [4.78, 5) is 48.7. The number of pyridine rings is 2. The third kappa shape index (κ3) is 5.64. The van der Waals surface area contributed by atoms with E-state index >= 15 is 0 Å². The van der Waals surface area contributed by atoms with E-state index in [1.165, 1.54) is 0 Å². The van der Waals surface area contributed by atoms with Crippen LogP contribution in [0.2, 0.25) is 0 Å². The molecule has 31 heavy (non-hydrogen) atoms. The topological polar surface area (TPSA) is 108 Å². The summed E-state index contributed by atoms with van der Waals surface area (Å²) < 4.78 is 0. The molecule has 1 aliphatic heterocycles. The minimum absolute atomic E-state index is 0.0191. The van der Waals surface area contributed by atoms with Crippen molar-refractivity contribution >= 4 is 29.2 Å². The van der Waals surface area contributed by atoms with E-state index in [9.17, 15) is 14.4 Å². The normalized spacial score (nSPS) is 14.4. The Morgan fingerprint density at radius 2 is 2.00 bits per heavy atom. The van der Waals surface area contributed by atoms with Crippen LogP contribution in [0.3, 0.4) is 0 Å². The van der Waals surface area contributed by atoms with E-state index in [1.807, 2.05) is 19.1 Å². The first-order valence-corrected chi connectivity index (χ1v) is 10.4. The number of nitrogens with zero attached hydrogens (tertiary/aromatic N) is 4. The van der Waals surface area contributed by atoms with Crippen molar-refractivity contribution in [2.75, 3.05) is 36.9 Å². The first kappa shape index (κ1) is 22.4. The lowest BCUT2D eigenvalue weighted by Crippen LogP contribution is -2.50. The van der Waals surface area contributed by atoms with Gasteiger partial charge in [-0.1, -0.05) is 6.92 Å². The Bertz CT molecular complexity index is 977. The summed E-state index contributed by atoms with van der Waals surface area (Å²) in [6, 6.07) is 7.13. The SMILES string of the molecule is CCCC(=O)Nc1cc(CN2CCN(c3ccc(C(=O)NC)nc3C)C(=O)C2)ccn1. The minimum Gasteiger partial charge on any atom is -0.354 e. The quantitative estimate of drug-likeness (QED) is 0.701. The molecule has 9 heteroatoms. The average Bonchev–Trinajstić information content (AvgIpc) is 2.74. The summed E-state index contributed by atoms with van der Waals surface area (Å²) in [6.45, 7) is 5.84. The van der Waals surface area contributed by atoms with Crippen LogP contribution < -0.4 is 15.5 Å². The number of anilines is 2. The lowest BCUT2D eigenvalue weighted by molar-refractivity contribution is -0.121. The fraction of sp³-hybridized carbons (Fsp3) is 0.409. The number of amides is 3. The number of aromatic nitrogens is 2. The molecule has 0 bridgehead atoms. The molecule has 3 rings (SSSR count). The number of nitrogens with one attached hydrogen (secondary N) is 2. The maximum absolute atomic E-state index is 12.8. The molecular formula is C22H28N6O3. The number of aryl methyl sites for hydroxylation is 1. The van der Waals surface area contributed by atoms with Crippen molar-refractivity contribution in [3.63, 3.8) is 0 Å². The van der Waals surface area contributed by atoms with E-state index in [0.717, 1.165) is 17.7 Å². The molecular weight excluding hydrogens is 396 g/mol. The number of carbonyl (C=O) groups excluding carboxylic acids is 3. The molecule has 1 saturated heterocycles. The lowest BCUT2D eigenvalue weighted by Gasteiger charge is -2.34. The van der Waals surface area contributed by atoms with Gasteiger partial charge >= 0.3 is 0 Å². The fourth-order valence-electron chi connectivity index (χ4n) is 3.54. The van der Waals surface area contributed by atoms with Gasteiger partial charge in [0.15, 0.2) is 0 Å². The van der Waals surface area contributed by atoms with E-state index in [1.54, 1.807) is 37.2 Å². The molecule has 3 amide bonds. The maximum atomic E-state index is 12.8. The Hall–Kier alpha value is -3.33. The van der Waals surface area contributed by atoms with E-state index in [0.29, 0.717) is 43.3 Å². The molecule has 3 heterocycles. The molecule has 0 spiro atoms. The van der Waals surface area contributed by atoms with Crippen LogP contribution in [0.1, 0.15) is 41.5 Å². The second kappa shape index (κ2) is 10.1. The predicted octanol–water partition coefficient (Wildman–Crippen LogP) is 1.73. The predicted molar refractivity (Wildman–Crippen MR) is 118 cm³/mol. The van der Waals surface area contributed by atoms with Crippen molar-refractivity contribution in [2.45, 2.75) is 33.2 Å². The monoisotopic (exact) mass is 424 g/mol. The third-order valence-electron chi connectivity index (χ3n) is 5.08. The number of carbonyl (C=O) groups is 3. The maximum Gasteiger partial charge on any atom is 0.269 e. The van der Waals surface area contributed by atoms with Crippen LogP contribution in [0.15, 0.2) is 30.5 Å². The zero-order chi connectivity index (χ0) is 22.4. The van der Waals surface area contributed by atoms with Crippen LogP contribution >= 0.6 is 0 Å². The molecule has 9 nitrogen and oxygen atoms in total. The van der Waals surface area contributed by atoms with Crippen LogP contribution in [-0.2, 0) is 16.1 Å². The second-order valence-corrected chi connectivity index (χ2v) is 7.48. The van der Waals surface area contributed by atoms with Crippen LogP contribution in [0.4, 0.5) is 11.5 Å². The molecule has 164 valence electrons. The zero-order valence-electron chi connectivity index (χ0n) is 18.1. The Labute approximate surface area is 181 Å². The highest BCUT2D eigenvalue weighted by atomic mass is 16.2. The number of hydrogen-bond donors (Lipinski definition) is 2. The highest BCUT2D eigenvalue weighted by Crippen LogP contribution is 2.22. The van der Waals surface area contributed by atoms with Gasteiger partial charge in [-0.05, 0) is 43.2 Å². The molecule has 2 aromatic heterocycles. The summed E-state index contributed by atoms with van der Waals surface area (Å²) >= 11 is 0. The van der Waals surface area contributed by atoms with Gasteiger partial charge in [-0.25, -0.2) is 9.97 Å². The second-order valence-electron chi connectivity index (χ2n) is 7.48. The smallest absolute Gasteiger partial charge is 0.269 e. The van der Waals surface area contributed by atoms with Crippen molar-refractivity contribution in [3.8, 4) is 0 Å². The van der Waals surface area contributed by atoms with Crippen LogP contribution in [0, 0.1) is 6.92 Å². The molecule has 0 unspecified atom stereocenters. The van der Waals surface area contributed by atoms with Gasteiger partial charge in [0.25, 0.3) is 5.91 Å². The molecule has 1 aliphatic rings. The Kier molecular flexibility index (Phi) is 7.30. The van der Waals surface area contributed by atoms with Gasteiger partial charge in [-0.3, -0.25) is 19.3 Å². The van der Waals surface area contributed by atoms with Crippen molar-refractivity contribution < 1.29 is 14.4 Å². The third-order valence-corrected chi connectivity index (χ3v) is 5.08. The standard InChI is InChI=1S/C22H28N6O3/c1-4-5-20(29)26-19-12-16(8-9-24-19)13-27-10-11-28(21(30)14-27)18-7-6-17(22(31)23-3)25-15(18)2/h6-9,12H,4-5,10-11,13-14H2,1-3H3,(H,23,31)(H,24,26,29). The Balaban J connectivity index is 1.63. The summed E-state index contributed by atoms with van der Waals surface area (Å²) in [6.07, 6.45) is 2.90. The van der Waals surface area contributed by atoms with Crippen LogP contribution in [0.25, 0.3) is 0 Å². The van der Waals surface area contributed by atoms with Gasteiger partial charge < -0.3 is 15.5 Å². The van der Waals surface area contributed by atoms with Crippen LogP contribution in [-0.4, -0.2) is 59.3 Å². The Morgan fingerprint density at radius 1 is 1.19 bits per heavy atom. The average molecular weight is 425 g/mol. The lowest BCUT2D eigenvalue weighted by atomic mass is 10.2. The first-order valence-electron chi connectivity index (χ1n) is 10.4. The number of piperazine rings is 1. The summed E-state index contributed by atoms with van der Waals surface area (Å²) in [5, 5.41) is 5.35. The van der Waals surface area contributed by atoms with Crippen molar-refractivity contribution in [1.29, 1.82) is 0 Å². The van der Waals surface area contributed by atoms with Crippen molar-refractivity contribution in [3.05, 3.63) is 47.4 Å². The molecule has 0 atom stereocenters. The van der Waals surface area contributed by atoms with Gasteiger partial charge in [-0.2, -0.15) is 0 Å². The van der Waals surface area contributed by atoms with Gasteiger partial charge in [0.2, 0.25) is 11.8 Å². The first-order chi connectivity index (χ1) is 14.9. The molecule has 0 aromatic carbocycles. The number of hydrogen-bond acceptors (Lipinski definition) is 6. The Morgan fingerprint density at radius 3 is 2.68 bits per heavy atom. The fourth-order valence-corrected chi connectivity index (χ4v) is 3.54. The number of rotatable bonds is 7. The molecule has 0 radical (unpaired) electrons. The van der Waals surface area contributed by atoms with Crippen molar-refractivity contribution in [1.82, 2.24) is 20.2 Å².